The average Bonchev–Trinajstić information content (AvgIpc) is 3.18. The number of hydrogen-bond donors (Lipinski definition) is 2. The van der Waals surface area contributed by atoms with E-state index in [1.807, 2.05) is 32.0 Å². The summed E-state index contributed by atoms with van der Waals surface area (Å²) in [6, 6.07) is 6.10. The Labute approximate surface area is 128 Å². The first-order valence-corrected chi connectivity index (χ1v) is 8.14. The molecule has 1 aromatic carbocycles. The Morgan fingerprint density at radius 1 is 1.29 bits per heavy atom. The zero-order chi connectivity index (χ0) is 15.3. The van der Waals surface area contributed by atoms with Gasteiger partial charge in [-0.3, -0.25) is 0 Å². The summed E-state index contributed by atoms with van der Waals surface area (Å²) < 4.78 is 5.79. The molecule has 2 N–H and O–H groups in total. The second kappa shape index (κ2) is 7.28. The van der Waals surface area contributed by atoms with Gasteiger partial charge in [-0.05, 0) is 49.7 Å². The molecule has 0 saturated heterocycles. The Balaban J connectivity index is 1.69. The number of rotatable bonds is 9. The van der Waals surface area contributed by atoms with E-state index in [0.717, 1.165) is 23.4 Å². The van der Waals surface area contributed by atoms with Crippen LogP contribution in [0.15, 0.2) is 18.2 Å². The molecule has 1 unspecified atom stereocenters. The molecule has 3 nitrogen and oxygen atoms in total. The predicted octanol–water partition coefficient (Wildman–Crippen LogP) is 3.21. The van der Waals surface area contributed by atoms with Gasteiger partial charge in [0.25, 0.3) is 0 Å². The quantitative estimate of drug-likeness (QED) is 0.734. The third-order valence-corrected chi connectivity index (χ3v) is 4.45. The normalized spacial score (nSPS) is 17.5. The highest BCUT2D eigenvalue weighted by molar-refractivity contribution is 5.39. The van der Waals surface area contributed by atoms with Crippen LogP contribution in [0, 0.1) is 19.3 Å². The Morgan fingerprint density at radius 2 is 1.95 bits per heavy atom. The minimum absolute atomic E-state index is 0.347. The van der Waals surface area contributed by atoms with Crippen LogP contribution in [-0.2, 0) is 0 Å². The number of nitrogens with one attached hydrogen (secondary N) is 1. The molecular formula is C18H29NO2. The molecule has 0 amide bonds. The topological polar surface area (TPSA) is 41.5 Å². The van der Waals surface area contributed by atoms with Gasteiger partial charge in [0, 0.05) is 13.1 Å². The van der Waals surface area contributed by atoms with E-state index in [9.17, 15) is 5.11 Å². The van der Waals surface area contributed by atoms with Crippen molar-refractivity contribution in [3.05, 3.63) is 29.3 Å². The summed E-state index contributed by atoms with van der Waals surface area (Å²) in [6.45, 7) is 8.30. The molecular weight excluding hydrogens is 262 g/mol. The molecule has 0 radical (unpaired) electrons. The molecule has 1 fully saturated rings. The van der Waals surface area contributed by atoms with Gasteiger partial charge < -0.3 is 15.2 Å². The lowest BCUT2D eigenvalue weighted by Crippen LogP contribution is -2.35. The maximum absolute atomic E-state index is 10.1. The summed E-state index contributed by atoms with van der Waals surface area (Å²) in [6.07, 6.45) is 4.77. The van der Waals surface area contributed by atoms with Crippen LogP contribution < -0.4 is 10.1 Å². The van der Waals surface area contributed by atoms with E-state index in [4.69, 9.17) is 4.74 Å². The number of hydrogen-bond acceptors (Lipinski definition) is 3. The molecule has 21 heavy (non-hydrogen) atoms. The lowest BCUT2D eigenvalue weighted by atomic mass is 10.0. The standard InChI is InChI=1S/C18H29NO2/c1-4-8-18(9-10-18)13-19-11-16(20)12-21-17-14(2)6-5-7-15(17)3/h5-7,16,19-20H,4,8-13H2,1-3H3. The van der Waals surface area contributed by atoms with Crippen LogP contribution in [0.1, 0.15) is 43.7 Å². The van der Waals surface area contributed by atoms with Gasteiger partial charge in [0.2, 0.25) is 0 Å². The van der Waals surface area contributed by atoms with Gasteiger partial charge in [0.1, 0.15) is 18.5 Å². The number of para-hydroxylation sites is 1. The number of ether oxygens (including phenoxy) is 1. The van der Waals surface area contributed by atoms with Crippen LogP contribution in [0.2, 0.25) is 0 Å². The van der Waals surface area contributed by atoms with E-state index in [1.165, 1.54) is 25.7 Å². The van der Waals surface area contributed by atoms with Crippen molar-refractivity contribution in [2.24, 2.45) is 5.41 Å². The highest BCUT2D eigenvalue weighted by Crippen LogP contribution is 2.48. The summed E-state index contributed by atoms with van der Waals surface area (Å²) in [5, 5.41) is 13.5. The summed E-state index contributed by atoms with van der Waals surface area (Å²) in [7, 11) is 0. The largest absolute Gasteiger partial charge is 0.490 e. The van der Waals surface area contributed by atoms with E-state index in [-0.39, 0.29) is 0 Å². The Morgan fingerprint density at radius 3 is 2.52 bits per heavy atom. The molecule has 118 valence electrons. The van der Waals surface area contributed by atoms with Crippen LogP contribution in [-0.4, -0.2) is 30.9 Å². The molecule has 1 atom stereocenters. The number of aliphatic hydroxyl groups excluding tert-OH is 1. The van der Waals surface area contributed by atoms with Gasteiger partial charge in [-0.15, -0.1) is 0 Å². The minimum Gasteiger partial charge on any atom is -0.490 e. The maximum Gasteiger partial charge on any atom is 0.125 e. The number of benzene rings is 1. The smallest absolute Gasteiger partial charge is 0.125 e. The molecule has 1 saturated carbocycles. The lowest BCUT2D eigenvalue weighted by Gasteiger charge is -2.18. The Bertz CT molecular complexity index is 434. The highest BCUT2D eigenvalue weighted by Gasteiger charge is 2.40. The van der Waals surface area contributed by atoms with Crippen molar-refractivity contribution in [1.29, 1.82) is 0 Å². The zero-order valence-corrected chi connectivity index (χ0v) is 13.6. The fraction of sp³-hybridized carbons (Fsp3) is 0.667. The van der Waals surface area contributed by atoms with Crippen molar-refractivity contribution in [3.8, 4) is 5.75 Å². The third-order valence-electron chi connectivity index (χ3n) is 4.45. The molecule has 0 aromatic heterocycles. The zero-order valence-electron chi connectivity index (χ0n) is 13.6. The number of aliphatic hydroxyl groups is 1. The summed E-state index contributed by atoms with van der Waals surface area (Å²) in [5.74, 6) is 0.904. The molecule has 1 aliphatic rings. The molecule has 2 rings (SSSR count). The third kappa shape index (κ3) is 4.72. The first kappa shape index (κ1) is 16.3. The van der Waals surface area contributed by atoms with Crippen molar-refractivity contribution >= 4 is 0 Å². The van der Waals surface area contributed by atoms with Gasteiger partial charge >= 0.3 is 0 Å². The number of aryl methyl sites for hydroxylation is 2. The Hall–Kier alpha value is -1.06. The van der Waals surface area contributed by atoms with Gasteiger partial charge in [0.05, 0.1) is 0 Å². The second-order valence-electron chi connectivity index (χ2n) is 6.57. The Kier molecular flexibility index (Phi) is 5.65. The molecule has 0 aliphatic heterocycles. The van der Waals surface area contributed by atoms with Crippen molar-refractivity contribution < 1.29 is 9.84 Å². The van der Waals surface area contributed by atoms with Crippen LogP contribution >= 0.6 is 0 Å². The van der Waals surface area contributed by atoms with E-state index in [1.54, 1.807) is 0 Å². The molecule has 1 aromatic rings. The van der Waals surface area contributed by atoms with Crippen LogP contribution in [0.25, 0.3) is 0 Å². The maximum atomic E-state index is 10.1. The SMILES string of the molecule is CCCC1(CNCC(O)COc2c(C)cccc2C)CC1. The molecule has 0 bridgehead atoms. The van der Waals surface area contributed by atoms with E-state index >= 15 is 0 Å². The van der Waals surface area contributed by atoms with Crippen molar-refractivity contribution in [2.45, 2.75) is 52.6 Å². The first-order chi connectivity index (χ1) is 10.1. The van der Waals surface area contributed by atoms with E-state index in [2.05, 4.69) is 12.2 Å². The molecule has 0 spiro atoms. The summed E-state index contributed by atoms with van der Waals surface area (Å²) in [4.78, 5) is 0. The average molecular weight is 291 g/mol. The van der Waals surface area contributed by atoms with Crippen LogP contribution in [0.3, 0.4) is 0 Å². The highest BCUT2D eigenvalue weighted by atomic mass is 16.5. The summed E-state index contributed by atoms with van der Waals surface area (Å²) in [5.41, 5.74) is 2.77. The van der Waals surface area contributed by atoms with Crippen molar-refractivity contribution in [2.75, 3.05) is 19.7 Å². The first-order valence-electron chi connectivity index (χ1n) is 8.14. The molecule has 0 heterocycles. The monoisotopic (exact) mass is 291 g/mol. The lowest BCUT2D eigenvalue weighted by molar-refractivity contribution is 0.104. The fourth-order valence-electron chi connectivity index (χ4n) is 2.99. The van der Waals surface area contributed by atoms with Gasteiger partial charge in [-0.2, -0.15) is 0 Å². The summed E-state index contributed by atoms with van der Waals surface area (Å²) >= 11 is 0. The second-order valence-corrected chi connectivity index (χ2v) is 6.57. The predicted molar refractivity (Wildman–Crippen MR) is 86.9 cm³/mol. The van der Waals surface area contributed by atoms with Gasteiger partial charge in [-0.1, -0.05) is 31.5 Å². The van der Waals surface area contributed by atoms with E-state index in [0.29, 0.717) is 18.6 Å². The molecule has 3 heteroatoms. The van der Waals surface area contributed by atoms with Crippen LogP contribution in [0.5, 0.6) is 5.75 Å². The van der Waals surface area contributed by atoms with E-state index < -0.39 is 6.10 Å². The van der Waals surface area contributed by atoms with Gasteiger partial charge in [-0.25, -0.2) is 0 Å². The minimum atomic E-state index is -0.457. The van der Waals surface area contributed by atoms with Crippen LogP contribution in [0.4, 0.5) is 0 Å². The molecule has 1 aliphatic carbocycles. The van der Waals surface area contributed by atoms with Gasteiger partial charge in [0.15, 0.2) is 0 Å². The van der Waals surface area contributed by atoms with Crippen molar-refractivity contribution in [3.63, 3.8) is 0 Å². The van der Waals surface area contributed by atoms with Crippen molar-refractivity contribution in [1.82, 2.24) is 5.32 Å². The fourth-order valence-corrected chi connectivity index (χ4v) is 2.99.